The molecule has 1 heterocycles. The number of ether oxygens (including phenoxy) is 2. The van der Waals surface area contributed by atoms with Crippen LogP contribution >= 0.6 is 0 Å². The Labute approximate surface area is 174 Å². The maximum atomic E-state index is 6.09. The molecule has 0 aliphatic rings. The van der Waals surface area contributed by atoms with E-state index in [-0.39, 0.29) is 5.95 Å². The van der Waals surface area contributed by atoms with Crippen LogP contribution in [0, 0.1) is 0 Å². The Morgan fingerprint density at radius 1 is 0.867 bits per heavy atom. The van der Waals surface area contributed by atoms with Crippen molar-refractivity contribution in [3.05, 3.63) is 72.3 Å². The largest absolute Gasteiger partial charge is 0.490 e. The number of benzene rings is 3. The summed E-state index contributed by atoms with van der Waals surface area (Å²) < 4.78 is 11.8. The van der Waals surface area contributed by atoms with Gasteiger partial charge in [-0.1, -0.05) is 42.5 Å². The van der Waals surface area contributed by atoms with Crippen LogP contribution in [0.2, 0.25) is 0 Å². The molecule has 0 saturated heterocycles. The van der Waals surface area contributed by atoms with Crippen LogP contribution in [0.15, 0.2) is 66.7 Å². The monoisotopic (exact) mass is 401 g/mol. The lowest BCUT2D eigenvalue weighted by Crippen LogP contribution is -2.11. The number of nitrogens with two attached hydrogens (primary N) is 2. The standard InChI is InChI=1S/C23H23N5O2/c1-2-29-20-11-9-17(13-21(20)30-14-15-6-4-3-5-7-15)16-8-10-19-18(12-16)22(28-25)27-23(24)26-19/h3-13H,2,14,25H2,1H3,(H3,24,26,27,28). The van der Waals surface area contributed by atoms with E-state index >= 15 is 0 Å². The van der Waals surface area contributed by atoms with Crippen LogP contribution in [0.1, 0.15) is 12.5 Å². The Bertz CT molecular complexity index is 1170. The molecule has 0 aliphatic heterocycles. The highest BCUT2D eigenvalue weighted by atomic mass is 16.5. The second-order valence-electron chi connectivity index (χ2n) is 6.68. The quantitative estimate of drug-likeness (QED) is 0.315. The molecule has 0 fully saturated rings. The molecule has 7 nitrogen and oxygen atoms in total. The number of rotatable bonds is 7. The van der Waals surface area contributed by atoms with Crippen molar-refractivity contribution < 1.29 is 9.47 Å². The summed E-state index contributed by atoms with van der Waals surface area (Å²) in [5, 5.41) is 0.782. The third-order valence-corrected chi connectivity index (χ3v) is 4.66. The van der Waals surface area contributed by atoms with Crippen molar-refractivity contribution in [2.75, 3.05) is 17.8 Å². The van der Waals surface area contributed by atoms with Crippen molar-refractivity contribution in [3.8, 4) is 22.6 Å². The van der Waals surface area contributed by atoms with E-state index in [0.29, 0.717) is 36.0 Å². The van der Waals surface area contributed by atoms with Crippen LogP contribution in [0.3, 0.4) is 0 Å². The van der Waals surface area contributed by atoms with Gasteiger partial charge in [0.25, 0.3) is 0 Å². The molecule has 0 bridgehead atoms. The summed E-state index contributed by atoms with van der Waals surface area (Å²) in [6, 6.07) is 21.8. The number of nitrogens with one attached hydrogen (secondary N) is 1. The molecule has 4 rings (SSSR count). The van der Waals surface area contributed by atoms with Crippen LogP contribution in [-0.4, -0.2) is 16.6 Å². The zero-order chi connectivity index (χ0) is 20.9. The highest BCUT2D eigenvalue weighted by Crippen LogP contribution is 2.35. The summed E-state index contributed by atoms with van der Waals surface area (Å²) in [5.41, 5.74) is 12.1. The van der Waals surface area contributed by atoms with Gasteiger partial charge in [-0.2, -0.15) is 4.98 Å². The fourth-order valence-electron chi connectivity index (χ4n) is 3.25. The molecule has 7 heteroatoms. The smallest absolute Gasteiger partial charge is 0.222 e. The van der Waals surface area contributed by atoms with Crippen molar-refractivity contribution in [3.63, 3.8) is 0 Å². The second kappa shape index (κ2) is 8.67. The maximum absolute atomic E-state index is 6.09. The first-order valence-corrected chi connectivity index (χ1v) is 9.65. The van der Waals surface area contributed by atoms with E-state index in [1.165, 1.54) is 0 Å². The first-order chi connectivity index (χ1) is 14.7. The van der Waals surface area contributed by atoms with Crippen molar-refractivity contribution in [1.29, 1.82) is 0 Å². The Hall–Kier alpha value is -3.84. The zero-order valence-electron chi connectivity index (χ0n) is 16.6. The number of hydrazine groups is 1. The van der Waals surface area contributed by atoms with Gasteiger partial charge in [-0.25, -0.2) is 10.8 Å². The number of fused-ring (bicyclic) bond motifs is 1. The maximum Gasteiger partial charge on any atom is 0.222 e. The molecule has 5 N–H and O–H groups in total. The third-order valence-electron chi connectivity index (χ3n) is 4.66. The van der Waals surface area contributed by atoms with E-state index in [9.17, 15) is 0 Å². The minimum absolute atomic E-state index is 0.167. The number of aromatic nitrogens is 2. The average molecular weight is 401 g/mol. The molecule has 30 heavy (non-hydrogen) atoms. The SMILES string of the molecule is CCOc1ccc(-c2ccc3nc(N)nc(NN)c3c2)cc1OCc1ccccc1. The number of nitrogens with zero attached hydrogens (tertiary/aromatic N) is 2. The topological polar surface area (TPSA) is 108 Å². The molecular weight excluding hydrogens is 378 g/mol. The molecule has 1 aromatic heterocycles. The Kier molecular flexibility index (Phi) is 5.63. The lowest BCUT2D eigenvalue weighted by atomic mass is 10.0. The van der Waals surface area contributed by atoms with Crippen molar-refractivity contribution >= 4 is 22.7 Å². The molecular formula is C23H23N5O2. The van der Waals surface area contributed by atoms with Crippen LogP contribution in [0.25, 0.3) is 22.0 Å². The molecule has 0 atom stereocenters. The highest BCUT2D eigenvalue weighted by Gasteiger charge is 2.11. The Morgan fingerprint density at radius 3 is 2.40 bits per heavy atom. The van der Waals surface area contributed by atoms with Crippen molar-refractivity contribution in [2.45, 2.75) is 13.5 Å². The zero-order valence-corrected chi connectivity index (χ0v) is 16.6. The molecule has 0 amide bonds. The van der Waals surface area contributed by atoms with Gasteiger partial charge in [-0.05, 0) is 47.9 Å². The van der Waals surface area contributed by atoms with Gasteiger partial charge in [0.05, 0.1) is 12.1 Å². The fourth-order valence-corrected chi connectivity index (χ4v) is 3.25. The van der Waals surface area contributed by atoms with Gasteiger partial charge in [0.1, 0.15) is 6.61 Å². The second-order valence-corrected chi connectivity index (χ2v) is 6.68. The minimum atomic E-state index is 0.167. The molecule has 4 aromatic rings. The highest BCUT2D eigenvalue weighted by molar-refractivity contribution is 5.93. The van der Waals surface area contributed by atoms with Gasteiger partial charge < -0.3 is 20.6 Å². The predicted octanol–water partition coefficient (Wildman–Crippen LogP) is 4.14. The van der Waals surface area contributed by atoms with Gasteiger partial charge in [0.15, 0.2) is 17.3 Å². The summed E-state index contributed by atoms with van der Waals surface area (Å²) >= 11 is 0. The lowest BCUT2D eigenvalue weighted by Gasteiger charge is -2.14. The first kappa shape index (κ1) is 19.5. The van der Waals surface area contributed by atoms with E-state index in [0.717, 1.165) is 22.1 Å². The van der Waals surface area contributed by atoms with Gasteiger partial charge >= 0.3 is 0 Å². The van der Waals surface area contributed by atoms with Gasteiger partial charge in [0.2, 0.25) is 5.95 Å². The van der Waals surface area contributed by atoms with Crippen LogP contribution < -0.4 is 26.5 Å². The molecule has 0 aliphatic carbocycles. The number of nitrogen functional groups attached to an aromatic ring is 2. The van der Waals surface area contributed by atoms with E-state index in [4.69, 9.17) is 21.1 Å². The van der Waals surface area contributed by atoms with E-state index in [2.05, 4.69) is 15.4 Å². The summed E-state index contributed by atoms with van der Waals surface area (Å²) in [6.07, 6.45) is 0. The third kappa shape index (κ3) is 4.11. The number of hydrogen-bond acceptors (Lipinski definition) is 7. The van der Waals surface area contributed by atoms with Gasteiger partial charge in [-0.15, -0.1) is 0 Å². The summed E-state index contributed by atoms with van der Waals surface area (Å²) in [7, 11) is 0. The van der Waals surface area contributed by atoms with E-state index < -0.39 is 0 Å². The molecule has 0 unspecified atom stereocenters. The number of hydrogen-bond donors (Lipinski definition) is 3. The fraction of sp³-hybridized carbons (Fsp3) is 0.130. The normalized spacial score (nSPS) is 10.7. The van der Waals surface area contributed by atoms with Crippen molar-refractivity contribution in [1.82, 2.24) is 9.97 Å². The van der Waals surface area contributed by atoms with Gasteiger partial charge in [0, 0.05) is 5.39 Å². The first-order valence-electron chi connectivity index (χ1n) is 9.65. The summed E-state index contributed by atoms with van der Waals surface area (Å²) in [5.74, 6) is 7.65. The summed E-state index contributed by atoms with van der Waals surface area (Å²) in [6.45, 7) is 2.96. The Balaban J connectivity index is 1.70. The Morgan fingerprint density at radius 2 is 1.63 bits per heavy atom. The minimum Gasteiger partial charge on any atom is -0.490 e. The van der Waals surface area contributed by atoms with Crippen LogP contribution in [-0.2, 0) is 6.61 Å². The molecule has 0 radical (unpaired) electrons. The van der Waals surface area contributed by atoms with E-state index in [1.54, 1.807) is 0 Å². The molecule has 0 spiro atoms. The van der Waals surface area contributed by atoms with Crippen molar-refractivity contribution in [2.24, 2.45) is 5.84 Å². The summed E-state index contributed by atoms with van der Waals surface area (Å²) in [4.78, 5) is 8.42. The van der Waals surface area contributed by atoms with Crippen LogP contribution in [0.5, 0.6) is 11.5 Å². The predicted molar refractivity (Wildman–Crippen MR) is 119 cm³/mol. The molecule has 3 aromatic carbocycles. The average Bonchev–Trinajstić information content (AvgIpc) is 2.78. The number of anilines is 2. The lowest BCUT2D eigenvalue weighted by molar-refractivity contribution is 0.269. The molecule has 152 valence electrons. The molecule has 0 saturated carbocycles. The van der Waals surface area contributed by atoms with E-state index in [1.807, 2.05) is 73.7 Å². The van der Waals surface area contributed by atoms with Gasteiger partial charge in [-0.3, -0.25) is 0 Å². The van der Waals surface area contributed by atoms with Crippen LogP contribution in [0.4, 0.5) is 11.8 Å².